The summed E-state index contributed by atoms with van der Waals surface area (Å²) in [5.74, 6) is -1.66. The van der Waals surface area contributed by atoms with E-state index in [2.05, 4.69) is 26.0 Å². The van der Waals surface area contributed by atoms with Crippen LogP contribution in [0.4, 0.5) is 4.39 Å². The minimum absolute atomic E-state index is 0.592. The van der Waals surface area contributed by atoms with Gasteiger partial charge in [-0.3, -0.25) is 0 Å². The number of alkyl halides is 1. The van der Waals surface area contributed by atoms with Gasteiger partial charge < -0.3 is 4.74 Å². The van der Waals surface area contributed by atoms with Gasteiger partial charge in [-0.25, -0.2) is 4.39 Å². The van der Waals surface area contributed by atoms with E-state index in [1.165, 1.54) is 12.5 Å². The maximum absolute atomic E-state index is 14.9. The third-order valence-corrected chi connectivity index (χ3v) is 4.32. The Morgan fingerprint density at radius 1 is 1.00 bits per heavy atom. The summed E-state index contributed by atoms with van der Waals surface area (Å²) in [6.07, 6.45) is 0. The summed E-state index contributed by atoms with van der Waals surface area (Å²) in [7, 11) is 0. The summed E-state index contributed by atoms with van der Waals surface area (Å²) in [5.41, 5.74) is 3.31. The Labute approximate surface area is 109 Å². The van der Waals surface area contributed by atoms with Gasteiger partial charge in [-0.05, 0) is 51.3 Å². The molecule has 0 saturated carbocycles. The van der Waals surface area contributed by atoms with E-state index < -0.39 is 16.9 Å². The van der Waals surface area contributed by atoms with Gasteiger partial charge in [0.2, 0.25) is 5.85 Å². The summed E-state index contributed by atoms with van der Waals surface area (Å²) in [4.78, 5) is 0. The Balaban J connectivity index is 2.83. The van der Waals surface area contributed by atoms with Crippen LogP contribution in [0.3, 0.4) is 0 Å². The van der Waals surface area contributed by atoms with Crippen LogP contribution in [0.5, 0.6) is 0 Å². The van der Waals surface area contributed by atoms with E-state index in [0.717, 1.165) is 16.7 Å². The number of ether oxygens (including phenoxy) is 1. The van der Waals surface area contributed by atoms with Crippen LogP contribution in [0, 0.1) is 13.8 Å². The van der Waals surface area contributed by atoms with Gasteiger partial charge in [-0.15, -0.1) is 0 Å². The van der Waals surface area contributed by atoms with Gasteiger partial charge in [0.1, 0.15) is 0 Å². The van der Waals surface area contributed by atoms with E-state index in [0.29, 0.717) is 0 Å². The summed E-state index contributed by atoms with van der Waals surface area (Å²) in [5, 5.41) is 0. The van der Waals surface area contributed by atoms with Crippen molar-refractivity contribution in [2.45, 2.75) is 65.3 Å². The fourth-order valence-corrected chi connectivity index (χ4v) is 3.16. The lowest BCUT2D eigenvalue weighted by Crippen LogP contribution is -2.53. The molecule has 0 fully saturated rings. The molecule has 0 aromatic heterocycles. The van der Waals surface area contributed by atoms with Crippen LogP contribution >= 0.6 is 0 Å². The summed E-state index contributed by atoms with van der Waals surface area (Å²) < 4.78 is 20.6. The predicted octanol–water partition coefficient (Wildman–Crippen LogP) is 4.53. The van der Waals surface area contributed by atoms with Gasteiger partial charge in [-0.1, -0.05) is 31.5 Å². The number of fused-ring (bicyclic) bond motifs is 1. The molecule has 1 aromatic rings. The zero-order valence-electron chi connectivity index (χ0n) is 12.4. The second-order valence-electron chi connectivity index (χ2n) is 6.66. The molecule has 0 bridgehead atoms. The molecule has 100 valence electrons. The highest BCUT2D eigenvalue weighted by atomic mass is 19.2. The minimum atomic E-state index is -1.66. The number of hydrogen-bond acceptors (Lipinski definition) is 1. The van der Waals surface area contributed by atoms with E-state index in [-0.39, 0.29) is 0 Å². The van der Waals surface area contributed by atoms with E-state index in [1.807, 2.05) is 27.7 Å². The number of benzene rings is 1. The minimum Gasteiger partial charge on any atom is -0.334 e. The summed E-state index contributed by atoms with van der Waals surface area (Å²) in [6.45, 7) is 13.4. The zero-order chi connectivity index (χ0) is 13.9. The molecule has 0 radical (unpaired) electrons. The largest absolute Gasteiger partial charge is 0.334 e. The highest BCUT2D eigenvalue weighted by Gasteiger charge is 2.54. The van der Waals surface area contributed by atoms with Crippen LogP contribution in [0.2, 0.25) is 0 Å². The van der Waals surface area contributed by atoms with Crippen LogP contribution in [0.25, 0.3) is 0 Å². The van der Waals surface area contributed by atoms with E-state index in [4.69, 9.17) is 4.74 Å². The third-order valence-electron chi connectivity index (χ3n) is 4.32. The van der Waals surface area contributed by atoms with Gasteiger partial charge in [-0.2, -0.15) is 0 Å². The van der Waals surface area contributed by atoms with Gasteiger partial charge in [0, 0.05) is 5.41 Å². The average Bonchev–Trinajstić information content (AvgIpc) is 2.11. The molecule has 1 aliphatic heterocycles. The Bertz CT molecular complexity index is 498. The molecule has 0 saturated heterocycles. The molecule has 0 N–H and O–H groups in total. The lowest BCUT2D eigenvalue weighted by molar-refractivity contribution is -0.251. The molecule has 1 nitrogen and oxygen atoms in total. The van der Waals surface area contributed by atoms with Crippen molar-refractivity contribution >= 4 is 0 Å². The molecule has 18 heavy (non-hydrogen) atoms. The third kappa shape index (κ3) is 1.70. The Kier molecular flexibility index (Phi) is 2.68. The fourth-order valence-electron chi connectivity index (χ4n) is 3.16. The number of rotatable bonds is 0. The van der Waals surface area contributed by atoms with Crippen LogP contribution in [0.15, 0.2) is 12.1 Å². The van der Waals surface area contributed by atoms with E-state index in [9.17, 15) is 4.39 Å². The average molecular weight is 250 g/mol. The van der Waals surface area contributed by atoms with Crippen molar-refractivity contribution in [2.24, 2.45) is 0 Å². The Hall–Kier alpha value is -0.890. The normalized spacial score (nSPS) is 28.9. The highest BCUT2D eigenvalue weighted by molar-refractivity contribution is 5.48. The second-order valence-corrected chi connectivity index (χ2v) is 6.66. The number of hydrogen-bond donors (Lipinski definition) is 0. The topological polar surface area (TPSA) is 9.23 Å². The molecule has 1 aromatic carbocycles. The molecule has 2 heteroatoms. The fraction of sp³-hybridized carbons (Fsp3) is 0.625. The van der Waals surface area contributed by atoms with Crippen LogP contribution < -0.4 is 0 Å². The van der Waals surface area contributed by atoms with Crippen LogP contribution in [0.1, 0.15) is 56.9 Å². The van der Waals surface area contributed by atoms with Gasteiger partial charge in [0.05, 0.1) is 5.60 Å². The number of halogens is 1. The summed E-state index contributed by atoms with van der Waals surface area (Å²) >= 11 is 0. The van der Waals surface area contributed by atoms with Gasteiger partial charge >= 0.3 is 0 Å². The smallest absolute Gasteiger partial charge is 0.216 e. The lowest BCUT2D eigenvalue weighted by Gasteiger charge is -2.50. The molecule has 0 aliphatic carbocycles. The van der Waals surface area contributed by atoms with Crippen molar-refractivity contribution in [3.8, 4) is 0 Å². The molecular formula is C16H23FO. The van der Waals surface area contributed by atoms with Crippen molar-refractivity contribution < 1.29 is 9.13 Å². The Morgan fingerprint density at radius 2 is 1.56 bits per heavy atom. The molecule has 2 rings (SSSR count). The first-order valence-corrected chi connectivity index (χ1v) is 6.50. The zero-order valence-corrected chi connectivity index (χ0v) is 12.4. The number of aryl methyl sites for hydroxylation is 2. The predicted molar refractivity (Wildman–Crippen MR) is 72.6 cm³/mol. The second kappa shape index (κ2) is 3.57. The standard InChI is InChI=1S/C16H23FO/c1-10-8-11(2)13-12(9-10)15(5,6)18-16(7,17)14(13,3)4/h8-9H,1-7H3. The van der Waals surface area contributed by atoms with Crippen molar-refractivity contribution in [2.75, 3.05) is 0 Å². The molecule has 1 atom stereocenters. The first-order valence-electron chi connectivity index (χ1n) is 6.50. The van der Waals surface area contributed by atoms with Crippen molar-refractivity contribution in [1.29, 1.82) is 0 Å². The SMILES string of the molecule is Cc1cc(C)c2c(c1)C(C)(C)OC(C)(F)C2(C)C. The van der Waals surface area contributed by atoms with Gasteiger partial charge in [0.25, 0.3) is 0 Å². The Morgan fingerprint density at radius 3 is 2.11 bits per heavy atom. The maximum Gasteiger partial charge on any atom is 0.216 e. The first-order chi connectivity index (χ1) is 7.99. The molecule has 1 unspecified atom stereocenters. The molecule has 1 aliphatic rings. The first kappa shape index (κ1) is 13.5. The maximum atomic E-state index is 14.9. The molecular weight excluding hydrogens is 227 g/mol. The lowest BCUT2D eigenvalue weighted by atomic mass is 9.68. The van der Waals surface area contributed by atoms with Crippen molar-refractivity contribution in [3.63, 3.8) is 0 Å². The van der Waals surface area contributed by atoms with Crippen molar-refractivity contribution in [3.05, 3.63) is 34.4 Å². The highest BCUT2D eigenvalue weighted by Crippen LogP contribution is 2.52. The van der Waals surface area contributed by atoms with Gasteiger partial charge in [0.15, 0.2) is 0 Å². The van der Waals surface area contributed by atoms with Crippen LogP contribution in [-0.4, -0.2) is 5.85 Å². The quantitative estimate of drug-likeness (QED) is 0.657. The van der Waals surface area contributed by atoms with E-state index >= 15 is 0 Å². The molecule has 0 spiro atoms. The van der Waals surface area contributed by atoms with E-state index in [1.54, 1.807) is 0 Å². The summed E-state index contributed by atoms with van der Waals surface area (Å²) in [6, 6.07) is 4.25. The molecule has 0 amide bonds. The van der Waals surface area contributed by atoms with Crippen LogP contribution in [-0.2, 0) is 15.8 Å². The monoisotopic (exact) mass is 250 g/mol. The molecule has 1 heterocycles. The van der Waals surface area contributed by atoms with Crippen molar-refractivity contribution in [1.82, 2.24) is 0 Å².